The number of amides is 6. The summed E-state index contributed by atoms with van der Waals surface area (Å²) in [5, 5.41) is 41.2. The Kier molecular flexibility index (Phi) is 22.2. The lowest BCUT2D eigenvalue weighted by molar-refractivity contribution is -0.143. The lowest BCUT2D eigenvalue weighted by Gasteiger charge is -2.31. The number of aliphatic carboxylic acids is 1. The van der Waals surface area contributed by atoms with E-state index in [9.17, 15) is 48.9 Å². The minimum Gasteiger partial charge on any atom is -0.480 e. The fourth-order valence-electron chi connectivity index (χ4n) is 5.80. The first-order chi connectivity index (χ1) is 25.9. The molecule has 1 aliphatic heterocycles. The van der Waals surface area contributed by atoms with E-state index in [-0.39, 0.29) is 63.0 Å². The third-order valence-corrected chi connectivity index (χ3v) is 9.30. The fraction of sp³-hybridized carbons (Fsp3) is 0.765. The van der Waals surface area contributed by atoms with E-state index in [0.717, 1.165) is 0 Å². The molecule has 1 fully saturated rings. The van der Waals surface area contributed by atoms with Gasteiger partial charge in [0.05, 0.1) is 19.3 Å². The van der Waals surface area contributed by atoms with Crippen LogP contribution in [-0.4, -0.2) is 148 Å². The van der Waals surface area contributed by atoms with E-state index in [1.807, 2.05) is 20.1 Å². The number of nitrogens with two attached hydrogens (primary N) is 3. The van der Waals surface area contributed by atoms with Crippen molar-refractivity contribution in [3.05, 3.63) is 0 Å². The van der Waals surface area contributed by atoms with E-state index in [0.29, 0.717) is 18.6 Å². The SMILES string of the molecule is CSCC[C@H](NC(=O)[C@H](CO)NC(=O)[C@@H](N)CCCN=C(N)N)C(=O)N1CCC[C@H]1C(=O)N[C@@H](CC(C)C)C(=O)N[C@@H](CC(C)C)C(=O)N[C@@H](CO)C(=O)O. The number of aliphatic hydroxyl groups is 2. The quantitative estimate of drug-likeness (QED) is 0.0245. The summed E-state index contributed by atoms with van der Waals surface area (Å²) in [6, 6.07) is -8.43. The van der Waals surface area contributed by atoms with Gasteiger partial charge in [0.1, 0.15) is 36.3 Å². The number of guanidine groups is 1. The summed E-state index contributed by atoms with van der Waals surface area (Å²) in [4.78, 5) is 96.8. The van der Waals surface area contributed by atoms with Crippen LogP contribution in [0.25, 0.3) is 0 Å². The molecule has 1 rings (SSSR count). The molecule has 55 heavy (non-hydrogen) atoms. The molecular weight excluding hydrogens is 741 g/mol. The van der Waals surface area contributed by atoms with Crippen LogP contribution in [0.1, 0.15) is 72.6 Å². The number of carboxylic acid groups (broad SMARTS) is 1. The third-order valence-electron chi connectivity index (χ3n) is 8.66. The molecule has 0 unspecified atom stereocenters. The number of aliphatic imine (C=N–C) groups is 1. The van der Waals surface area contributed by atoms with Gasteiger partial charge in [0, 0.05) is 13.1 Å². The zero-order chi connectivity index (χ0) is 41.8. The van der Waals surface area contributed by atoms with Crippen molar-refractivity contribution in [1.82, 2.24) is 31.5 Å². The number of hydrogen-bond donors (Lipinski definition) is 11. The highest BCUT2D eigenvalue weighted by Gasteiger charge is 2.40. The van der Waals surface area contributed by atoms with Crippen LogP contribution in [0.2, 0.25) is 0 Å². The third kappa shape index (κ3) is 17.4. The van der Waals surface area contributed by atoms with Crippen molar-refractivity contribution < 1.29 is 48.9 Å². The standard InChI is InChI=1S/C34H62N10O10S/c1-18(2)14-22(29(49)43-25(17-46)33(53)54)40-28(48)23(15-19(3)4)41-31(51)26-9-7-12-44(26)32(52)21(10-13-55-5)39-30(50)24(16-45)42-27(47)20(35)8-6-11-38-34(36)37/h18-26,45-46H,6-17,35H2,1-5H3,(H,39,50)(H,40,48)(H,41,51)(H,42,47)(H,43,49)(H,53,54)(H4,36,37,38)/t20-,21-,22-,23-,24-,25-,26-/m0/s1. The van der Waals surface area contributed by atoms with Crippen molar-refractivity contribution in [2.24, 2.45) is 34.0 Å². The molecule has 21 heteroatoms. The van der Waals surface area contributed by atoms with E-state index < -0.39 is 96.9 Å². The van der Waals surface area contributed by atoms with Gasteiger partial charge in [-0.2, -0.15) is 11.8 Å². The summed E-state index contributed by atoms with van der Waals surface area (Å²) >= 11 is 1.42. The molecule has 1 aliphatic rings. The maximum Gasteiger partial charge on any atom is 0.328 e. The van der Waals surface area contributed by atoms with Crippen molar-refractivity contribution in [3.63, 3.8) is 0 Å². The molecule has 1 heterocycles. The van der Waals surface area contributed by atoms with E-state index in [1.54, 1.807) is 13.8 Å². The van der Waals surface area contributed by atoms with Gasteiger partial charge in [0.15, 0.2) is 5.96 Å². The molecule has 0 bridgehead atoms. The van der Waals surface area contributed by atoms with E-state index in [2.05, 4.69) is 31.6 Å². The fourth-order valence-corrected chi connectivity index (χ4v) is 6.27. The second-order valence-corrected chi connectivity index (χ2v) is 15.3. The summed E-state index contributed by atoms with van der Waals surface area (Å²) in [6.45, 7) is 6.06. The first-order valence-electron chi connectivity index (χ1n) is 18.4. The number of carboxylic acids is 1. The molecule has 7 atom stereocenters. The largest absolute Gasteiger partial charge is 0.480 e. The Morgan fingerprint density at radius 3 is 1.78 bits per heavy atom. The molecule has 6 amide bonds. The molecule has 1 saturated heterocycles. The number of likely N-dealkylation sites (tertiary alicyclic amines) is 1. The highest BCUT2D eigenvalue weighted by Crippen LogP contribution is 2.21. The number of nitrogens with one attached hydrogen (secondary N) is 5. The predicted molar refractivity (Wildman–Crippen MR) is 206 cm³/mol. The van der Waals surface area contributed by atoms with E-state index in [1.165, 1.54) is 16.7 Å². The van der Waals surface area contributed by atoms with Crippen molar-refractivity contribution in [3.8, 4) is 0 Å². The Hall–Kier alpha value is -4.21. The van der Waals surface area contributed by atoms with Crippen LogP contribution >= 0.6 is 11.8 Å². The molecule has 0 aromatic rings. The van der Waals surface area contributed by atoms with Crippen LogP contribution < -0.4 is 43.8 Å². The lowest BCUT2D eigenvalue weighted by Crippen LogP contribution is -2.60. The minimum atomic E-state index is -1.58. The zero-order valence-electron chi connectivity index (χ0n) is 32.4. The second-order valence-electron chi connectivity index (χ2n) is 14.3. The highest BCUT2D eigenvalue weighted by atomic mass is 32.2. The molecule has 314 valence electrons. The Labute approximate surface area is 326 Å². The van der Waals surface area contributed by atoms with Crippen LogP contribution in [0.3, 0.4) is 0 Å². The lowest BCUT2D eigenvalue weighted by atomic mass is 9.99. The number of rotatable bonds is 25. The van der Waals surface area contributed by atoms with Crippen molar-refractivity contribution in [2.75, 3.05) is 38.3 Å². The maximum atomic E-state index is 14.0. The summed E-state index contributed by atoms with van der Waals surface area (Å²) in [6.07, 6.45) is 3.60. The first kappa shape index (κ1) is 48.8. The topological polar surface area (TPSA) is 334 Å². The average Bonchev–Trinajstić information content (AvgIpc) is 3.61. The minimum absolute atomic E-state index is 0.0918. The van der Waals surface area contributed by atoms with E-state index in [4.69, 9.17) is 17.2 Å². The van der Waals surface area contributed by atoms with Gasteiger partial charge >= 0.3 is 5.97 Å². The Morgan fingerprint density at radius 2 is 1.27 bits per heavy atom. The zero-order valence-corrected chi connectivity index (χ0v) is 33.2. The Balaban J connectivity index is 3.13. The molecule has 0 spiro atoms. The van der Waals surface area contributed by atoms with Crippen LogP contribution in [0.15, 0.2) is 4.99 Å². The number of aliphatic hydroxyl groups excluding tert-OH is 2. The van der Waals surface area contributed by atoms with Crippen molar-refractivity contribution >= 4 is 59.1 Å². The molecule has 0 aromatic heterocycles. The number of carbonyl (C=O) groups is 7. The highest BCUT2D eigenvalue weighted by molar-refractivity contribution is 7.98. The molecule has 0 radical (unpaired) electrons. The van der Waals surface area contributed by atoms with Crippen LogP contribution in [-0.2, 0) is 33.6 Å². The Bertz CT molecular complexity index is 1330. The summed E-state index contributed by atoms with van der Waals surface area (Å²) in [7, 11) is 0. The number of thioether (sulfide) groups is 1. The number of hydrogen-bond acceptors (Lipinski definition) is 12. The van der Waals surface area contributed by atoms with Gasteiger partial charge in [0.25, 0.3) is 0 Å². The van der Waals surface area contributed by atoms with Crippen LogP contribution in [0.4, 0.5) is 0 Å². The summed E-state index contributed by atoms with van der Waals surface area (Å²) in [5.41, 5.74) is 16.5. The van der Waals surface area contributed by atoms with Gasteiger partial charge in [0.2, 0.25) is 35.4 Å². The monoisotopic (exact) mass is 802 g/mol. The number of carbonyl (C=O) groups excluding carboxylic acids is 6. The van der Waals surface area contributed by atoms with Gasteiger partial charge in [-0.05, 0) is 68.8 Å². The summed E-state index contributed by atoms with van der Waals surface area (Å²) in [5.74, 6) is -5.50. The van der Waals surface area contributed by atoms with Gasteiger partial charge in [-0.25, -0.2) is 4.79 Å². The van der Waals surface area contributed by atoms with Gasteiger partial charge in [-0.15, -0.1) is 0 Å². The normalized spacial score (nSPS) is 17.3. The summed E-state index contributed by atoms with van der Waals surface area (Å²) < 4.78 is 0. The van der Waals surface area contributed by atoms with Crippen molar-refractivity contribution in [2.45, 2.75) is 115 Å². The smallest absolute Gasteiger partial charge is 0.328 e. The number of nitrogens with zero attached hydrogens (tertiary/aromatic N) is 2. The molecular formula is C34H62N10O10S. The van der Waals surface area contributed by atoms with Crippen LogP contribution in [0.5, 0.6) is 0 Å². The van der Waals surface area contributed by atoms with E-state index >= 15 is 0 Å². The molecule has 0 saturated carbocycles. The van der Waals surface area contributed by atoms with Gasteiger partial charge in [-0.1, -0.05) is 27.7 Å². The second kappa shape index (κ2) is 25.0. The molecule has 20 nitrogen and oxygen atoms in total. The molecule has 0 aliphatic carbocycles. The van der Waals surface area contributed by atoms with Crippen LogP contribution in [0, 0.1) is 11.8 Å². The van der Waals surface area contributed by atoms with Gasteiger partial charge in [-0.3, -0.25) is 33.8 Å². The predicted octanol–water partition coefficient (Wildman–Crippen LogP) is -3.30. The first-order valence-corrected chi connectivity index (χ1v) is 19.8. The van der Waals surface area contributed by atoms with Crippen molar-refractivity contribution in [1.29, 1.82) is 0 Å². The molecule has 0 aromatic carbocycles. The Morgan fingerprint density at radius 1 is 0.764 bits per heavy atom. The molecule has 14 N–H and O–H groups in total. The average molecular weight is 803 g/mol. The van der Waals surface area contributed by atoms with Gasteiger partial charge < -0.3 is 64.0 Å². The maximum absolute atomic E-state index is 14.0.